The van der Waals surface area contributed by atoms with E-state index in [-0.39, 0.29) is 12.1 Å². The van der Waals surface area contributed by atoms with E-state index in [4.69, 9.17) is 9.47 Å². The molecule has 0 amide bonds. The molecule has 1 aliphatic carbocycles. The lowest BCUT2D eigenvalue weighted by Crippen LogP contribution is -2.30. The first kappa shape index (κ1) is 12.2. The molecule has 0 N–H and O–H groups in total. The molecule has 1 rings (SSSR count). The molecule has 86 valence electrons. The maximum absolute atomic E-state index is 11.9. The summed E-state index contributed by atoms with van der Waals surface area (Å²) < 4.78 is 10.8. The van der Waals surface area contributed by atoms with E-state index >= 15 is 0 Å². The molecular formula is C12H20O3. The summed E-state index contributed by atoms with van der Waals surface area (Å²) in [4.78, 5) is 11.9. The molecule has 0 bridgehead atoms. The van der Waals surface area contributed by atoms with Crippen LogP contribution < -0.4 is 0 Å². The molecule has 1 saturated carbocycles. The largest absolute Gasteiger partial charge is 0.459 e. The van der Waals surface area contributed by atoms with E-state index in [1.807, 2.05) is 27.7 Å². The minimum absolute atomic E-state index is 0.0464. The number of rotatable bonds is 4. The summed E-state index contributed by atoms with van der Waals surface area (Å²) in [5.74, 6) is -0.219. The Labute approximate surface area is 91.4 Å². The van der Waals surface area contributed by atoms with Gasteiger partial charge < -0.3 is 9.47 Å². The van der Waals surface area contributed by atoms with Crippen molar-refractivity contribution in [1.29, 1.82) is 0 Å². The second kappa shape index (κ2) is 3.97. The van der Waals surface area contributed by atoms with E-state index in [9.17, 15) is 4.79 Å². The Kier molecular flexibility index (Phi) is 3.24. The van der Waals surface area contributed by atoms with Crippen molar-refractivity contribution in [1.82, 2.24) is 0 Å². The van der Waals surface area contributed by atoms with Gasteiger partial charge >= 0.3 is 5.97 Å². The Bertz CT molecular complexity index is 265. The fourth-order valence-corrected chi connectivity index (χ4v) is 1.54. The molecule has 0 unspecified atom stereocenters. The monoisotopic (exact) mass is 212 g/mol. The Morgan fingerprint density at radius 2 is 2.20 bits per heavy atom. The summed E-state index contributed by atoms with van der Waals surface area (Å²) in [6.07, 6.45) is 2.30. The van der Waals surface area contributed by atoms with Gasteiger partial charge in [-0.2, -0.15) is 0 Å². The normalized spacial score (nSPS) is 29.7. The Morgan fingerprint density at radius 3 is 2.60 bits per heavy atom. The SMILES string of the molecule is C=C[C@]1(C(=O)OC(C)(C)C)C[C@@H]1OCC. The molecule has 0 aliphatic heterocycles. The van der Waals surface area contributed by atoms with Crippen LogP contribution in [-0.4, -0.2) is 24.3 Å². The first-order valence-corrected chi connectivity index (χ1v) is 5.34. The van der Waals surface area contributed by atoms with Crippen LogP contribution in [0.15, 0.2) is 12.7 Å². The van der Waals surface area contributed by atoms with Gasteiger partial charge in [0.1, 0.15) is 11.0 Å². The molecule has 15 heavy (non-hydrogen) atoms. The maximum Gasteiger partial charge on any atom is 0.319 e. The van der Waals surface area contributed by atoms with Crippen LogP contribution in [0.1, 0.15) is 34.1 Å². The number of hydrogen-bond donors (Lipinski definition) is 0. The van der Waals surface area contributed by atoms with Crippen molar-refractivity contribution in [3.05, 3.63) is 12.7 Å². The van der Waals surface area contributed by atoms with Crippen molar-refractivity contribution in [2.24, 2.45) is 5.41 Å². The van der Waals surface area contributed by atoms with Crippen LogP contribution >= 0.6 is 0 Å². The van der Waals surface area contributed by atoms with Crippen LogP contribution in [0.3, 0.4) is 0 Å². The van der Waals surface area contributed by atoms with Gasteiger partial charge in [-0.3, -0.25) is 4.79 Å². The lowest BCUT2D eigenvalue weighted by molar-refractivity contribution is -0.161. The van der Waals surface area contributed by atoms with Gasteiger partial charge in [-0.05, 0) is 34.1 Å². The summed E-state index contributed by atoms with van der Waals surface area (Å²) in [5, 5.41) is 0. The fourth-order valence-electron chi connectivity index (χ4n) is 1.54. The Hall–Kier alpha value is -0.830. The highest BCUT2D eigenvalue weighted by atomic mass is 16.6. The summed E-state index contributed by atoms with van der Waals surface area (Å²) in [5.41, 5.74) is -1.05. The predicted octanol–water partition coefficient (Wildman–Crippen LogP) is 2.31. The van der Waals surface area contributed by atoms with Gasteiger partial charge in [-0.15, -0.1) is 6.58 Å². The highest BCUT2D eigenvalue weighted by molar-refractivity contribution is 5.84. The molecule has 1 fully saturated rings. The number of carbonyl (C=O) groups is 1. The summed E-state index contributed by atoms with van der Waals surface area (Å²) in [6.45, 7) is 11.8. The molecule has 0 heterocycles. The van der Waals surface area contributed by atoms with Crippen LogP contribution in [0.25, 0.3) is 0 Å². The van der Waals surface area contributed by atoms with Crippen molar-refractivity contribution < 1.29 is 14.3 Å². The summed E-state index contributed by atoms with van der Waals surface area (Å²) in [7, 11) is 0. The average molecular weight is 212 g/mol. The lowest BCUT2D eigenvalue weighted by Gasteiger charge is -2.22. The number of carbonyl (C=O) groups excluding carboxylic acids is 1. The zero-order valence-electron chi connectivity index (χ0n) is 10.0. The van der Waals surface area contributed by atoms with Gasteiger partial charge in [0.25, 0.3) is 0 Å². The van der Waals surface area contributed by atoms with E-state index in [1.165, 1.54) is 0 Å². The highest BCUT2D eigenvalue weighted by Crippen LogP contribution is 2.51. The maximum atomic E-state index is 11.9. The zero-order chi connectivity index (χ0) is 11.7. The summed E-state index contributed by atoms with van der Waals surface area (Å²) in [6, 6.07) is 0. The fraction of sp³-hybridized carbons (Fsp3) is 0.750. The molecule has 0 aromatic carbocycles. The van der Waals surface area contributed by atoms with Gasteiger partial charge in [0, 0.05) is 6.61 Å². The first-order valence-electron chi connectivity index (χ1n) is 5.34. The standard InChI is InChI=1S/C12H20O3/c1-6-12(8-9(12)14-7-2)10(13)15-11(3,4)5/h6,9H,1,7-8H2,2-5H3/t9-,12-/m0/s1. The van der Waals surface area contributed by atoms with Crippen molar-refractivity contribution in [2.45, 2.75) is 45.8 Å². The van der Waals surface area contributed by atoms with Gasteiger partial charge in [0.05, 0.1) is 6.10 Å². The third kappa shape index (κ3) is 2.59. The van der Waals surface area contributed by atoms with Gasteiger partial charge in [-0.1, -0.05) is 6.08 Å². The van der Waals surface area contributed by atoms with Gasteiger partial charge in [0.15, 0.2) is 0 Å². The van der Waals surface area contributed by atoms with Gasteiger partial charge in [0.2, 0.25) is 0 Å². The van der Waals surface area contributed by atoms with E-state index < -0.39 is 11.0 Å². The number of esters is 1. The van der Waals surface area contributed by atoms with Crippen LogP contribution in [0, 0.1) is 5.41 Å². The van der Waals surface area contributed by atoms with Crippen LogP contribution in [0.4, 0.5) is 0 Å². The van der Waals surface area contributed by atoms with Crippen LogP contribution in [0.5, 0.6) is 0 Å². The third-order valence-corrected chi connectivity index (χ3v) is 2.45. The second-order valence-corrected chi connectivity index (χ2v) is 4.89. The predicted molar refractivity (Wildman–Crippen MR) is 58.5 cm³/mol. The van der Waals surface area contributed by atoms with Crippen molar-refractivity contribution in [3.8, 4) is 0 Å². The molecule has 0 aromatic heterocycles. The van der Waals surface area contributed by atoms with Crippen molar-refractivity contribution in [2.75, 3.05) is 6.61 Å². The molecule has 3 nitrogen and oxygen atoms in total. The molecular weight excluding hydrogens is 192 g/mol. The van der Waals surface area contributed by atoms with Crippen LogP contribution in [0.2, 0.25) is 0 Å². The number of hydrogen-bond acceptors (Lipinski definition) is 3. The molecule has 3 heteroatoms. The molecule has 0 spiro atoms. The quantitative estimate of drug-likeness (QED) is 0.530. The average Bonchev–Trinajstić information content (AvgIpc) is 2.77. The minimum atomic E-state index is -0.594. The molecule has 1 aliphatic rings. The van der Waals surface area contributed by atoms with E-state index in [1.54, 1.807) is 6.08 Å². The van der Waals surface area contributed by atoms with Crippen LogP contribution in [-0.2, 0) is 14.3 Å². The van der Waals surface area contributed by atoms with E-state index in [0.717, 1.165) is 0 Å². The molecule has 0 saturated heterocycles. The Morgan fingerprint density at radius 1 is 1.60 bits per heavy atom. The molecule has 2 atom stereocenters. The van der Waals surface area contributed by atoms with Crippen molar-refractivity contribution >= 4 is 5.97 Å². The minimum Gasteiger partial charge on any atom is -0.459 e. The smallest absolute Gasteiger partial charge is 0.319 e. The molecule has 0 aromatic rings. The first-order chi connectivity index (χ1) is 6.85. The van der Waals surface area contributed by atoms with E-state index in [2.05, 4.69) is 6.58 Å². The lowest BCUT2D eigenvalue weighted by atomic mass is 10.1. The summed E-state index contributed by atoms with van der Waals surface area (Å²) >= 11 is 0. The van der Waals surface area contributed by atoms with Crippen molar-refractivity contribution in [3.63, 3.8) is 0 Å². The zero-order valence-corrected chi connectivity index (χ0v) is 10.0. The highest BCUT2D eigenvalue weighted by Gasteiger charge is 2.60. The third-order valence-electron chi connectivity index (χ3n) is 2.45. The topological polar surface area (TPSA) is 35.5 Å². The number of ether oxygens (including phenoxy) is 2. The van der Waals surface area contributed by atoms with E-state index in [0.29, 0.717) is 13.0 Å². The van der Waals surface area contributed by atoms with Gasteiger partial charge in [-0.25, -0.2) is 0 Å². The second-order valence-electron chi connectivity index (χ2n) is 4.89. The Balaban J connectivity index is 2.62. The molecule has 0 radical (unpaired) electrons.